The summed E-state index contributed by atoms with van der Waals surface area (Å²) >= 11 is 0. The number of hydrogen-bond donors (Lipinski definition) is 3. The van der Waals surface area contributed by atoms with Crippen LogP contribution in [0.5, 0.6) is 0 Å². The zero-order chi connectivity index (χ0) is 10.7. The van der Waals surface area contributed by atoms with Crippen molar-refractivity contribution >= 4 is 10.9 Å². The van der Waals surface area contributed by atoms with E-state index >= 15 is 0 Å². The number of nitrogens with one attached hydrogen (secondary N) is 2. The quantitative estimate of drug-likeness (QED) is 0.705. The lowest BCUT2D eigenvalue weighted by Crippen LogP contribution is -2.11. The van der Waals surface area contributed by atoms with E-state index in [0.29, 0.717) is 0 Å². The van der Waals surface area contributed by atoms with Gasteiger partial charge in [-0.25, -0.2) is 0 Å². The van der Waals surface area contributed by atoms with E-state index in [1.807, 2.05) is 25.2 Å². The second kappa shape index (κ2) is 4.47. The summed E-state index contributed by atoms with van der Waals surface area (Å²) in [6.07, 6.45) is 0.941. The average molecular weight is 204 g/mol. The van der Waals surface area contributed by atoms with Crippen LogP contribution >= 0.6 is 0 Å². The van der Waals surface area contributed by atoms with E-state index in [2.05, 4.69) is 16.4 Å². The van der Waals surface area contributed by atoms with Crippen LogP contribution in [0, 0.1) is 0 Å². The smallest absolute Gasteiger partial charge is 0.0834 e. The lowest BCUT2D eigenvalue weighted by molar-refractivity contribution is 0.276. The zero-order valence-electron chi connectivity index (χ0n) is 8.88. The topological polar surface area (TPSA) is 48.0 Å². The van der Waals surface area contributed by atoms with E-state index in [1.54, 1.807) is 0 Å². The maximum Gasteiger partial charge on any atom is 0.0834 e. The van der Waals surface area contributed by atoms with Crippen LogP contribution in [0.1, 0.15) is 11.3 Å². The third-order valence-corrected chi connectivity index (χ3v) is 2.69. The largest absolute Gasteiger partial charge is 0.390 e. The molecule has 0 aliphatic carbocycles. The van der Waals surface area contributed by atoms with Crippen LogP contribution < -0.4 is 5.32 Å². The number of H-pyrrole nitrogens is 1. The predicted octanol–water partition coefficient (Wildman–Crippen LogP) is 1.42. The summed E-state index contributed by atoms with van der Waals surface area (Å²) in [4.78, 5) is 3.24. The van der Waals surface area contributed by atoms with Crippen LogP contribution in [0.25, 0.3) is 10.9 Å². The zero-order valence-corrected chi connectivity index (χ0v) is 8.88. The third-order valence-electron chi connectivity index (χ3n) is 2.69. The monoisotopic (exact) mass is 204 g/mol. The Kier molecular flexibility index (Phi) is 3.04. The fourth-order valence-corrected chi connectivity index (χ4v) is 1.93. The third kappa shape index (κ3) is 1.89. The van der Waals surface area contributed by atoms with Crippen molar-refractivity contribution in [2.45, 2.75) is 13.0 Å². The van der Waals surface area contributed by atoms with Crippen molar-refractivity contribution < 1.29 is 5.11 Å². The van der Waals surface area contributed by atoms with Crippen LogP contribution in [0.15, 0.2) is 24.3 Å². The molecule has 1 aromatic carbocycles. The molecule has 0 aliphatic heterocycles. The van der Waals surface area contributed by atoms with Crippen molar-refractivity contribution in [3.05, 3.63) is 35.5 Å². The van der Waals surface area contributed by atoms with Gasteiger partial charge in [-0.2, -0.15) is 0 Å². The lowest BCUT2D eigenvalue weighted by Gasteiger charge is -2.01. The Morgan fingerprint density at radius 3 is 2.87 bits per heavy atom. The van der Waals surface area contributed by atoms with Crippen LogP contribution in [0.3, 0.4) is 0 Å². The average Bonchev–Trinajstić information content (AvgIpc) is 2.64. The summed E-state index contributed by atoms with van der Waals surface area (Å²) in [6.45, 7) is 1.00. The van der Waals surface area contributed by atoms with Gasteiger partial charge in [0.2, 0.25) is 0 Å². The number of benzene rings is 1. The summed E-state index contributed by atoms with van der Waals surface area (Å²) in [5.74, 6) is 0. The molecule has 3 nitrogen and oxygen atoms in total. The Morgan fingerprint density at radius 2 is 2.13 bits per heavy atom. The SMILES string of the molecule is CNCCc1c(CO)[nH]c2ccccc12. The van der Waals surface area contributed by atoms with E-state index < -0.39 is 0 Å². The second-order valence-corrected chi connectivity index (χ2v) is 3.64. The van der Waals surface area contributed by atoms with Crippen LogP contribution in [-0.4, -0.2) is 23.7 Å². The predicted molar refractivity (Wildman–Crippen MR) is 61.9 cm³/mol. The normalized spacial score (nSPS) is 11.1. The highest BCUT2D eigenvalue weighted by Crippen LogP contribution is 2.22. The summed E-state index contributed by atoms with van der Waals surface area (Å²) in [7, 11) is 1.94. The Balaban J connectivity index is 2.47. The van der Waals surface area contributed by atoms with Gasteiger partial charge in [-0.3, -0.25) is 0 Å². The molecule has 2 rings (SSSR count). The van der Waals surface area contributed by atoms with E-state index in [9.17, 15) is 5.11 Å². The molecule has 80 valence electrons. The Morgan fingerprint density at radius 1 is 1.33 bits per heavy atom. The summed E-state index contributed by atoms with van der Waals surface area (Å²) < 4.78 is 0. The molecular weight excluding hydrogens is 188 g/mol. The van der Waals surface area contributed by atoms with Crippen LogP contribution in [-0.2, 0) is 13.0 Å². The molecule has 3 N–H and O–H groups in total. The first-order chi connectivity index (χ1) is 7.36. The highest BCUT2D eigenvalue weighted by atomic mass is 16.3. The Bertz CT molecular complexity index is 448. The fraction of sp³-hybridized carbons (Fsp3) is 0.333. The van der Waals surface area contributed by atoms with Crippen molar-refractivity contribution in [1.29, 1.82) is 0 Å². The van der Waals surface area contributed by atoms with Crippen molar-refractivity contribution in [2.24, 2.45) is 0 Å². The van der Waals surface area contributed by atoms with Crippen molar-refractivity contribution in [3.63, 3.8) is 0 Å². The molecule has 3 heteroatoms. The number of rotatable bonds is 4. The number of aliphatic hydroxyl groups is 1. The van der Waals surface area contributed by atoms with Gasteiger partial charge in [-0.15, -0.1) is 0 Å². The van der Waals surface area contributed by atoms with Crippen molar-refractivity contribution in [1.82, 2.24) is 10.3 Å². The van der Waals surface area contributed by atoms with E-state index in [-0.39, 0.29) is 6.61 Å². The summed E-state index contributed by atoms with van der Waals surface area (Å²) in [6, 6.07) is 8.16. The number of hydrogen-bond acceptors (Lipinski definition) is 2. The first kappa shape index (κ1) is 10.2. The molecule has 0 saturated heterocycles. The minimum Gasteiger partial charge on any atom is -0.390 e. The van der Waals surface area contributed by atoms with Gasteiger partial charge < -0.3 is 15.4 Å². The Hall–Kier alpha value is -1.32. The van der Waals surface area contributed by atoms with E-state index in [4.69, 9.17) is 0 Å². The van der Waals surface area contributed by atoms with Crippen molar-refractivity contribution in [2.75, 3.05) is 13.6 Å². The maximum absolute atomic E-state index is 9.27. The number of para-hydroxylation sites is 1. The van der Waals surface area contributed by atoms with Gasteiger partial charge in [-0.1, -0.05) is 18.2 Å². The van der Waals surface area contributed by atoms with Gasteiger partial charge in [0.05, 0.1) is 6.61 Å². The maximum atomic E-state index is 9.27. The highest BCUT2D eigenvalue weighted by Gasteiger charge is 2.09. The fourth-order valence-electron chi connectivity index (χ4n) is 1.93. The minimum absolute atomic E-state index is 0.0771. The van der Waals surface area contributed by atoms with E-state index in [1.165, 1.54) is 10.9 Å². The number of aromatic nitrogens is 1. The molecule has 2 aromatic rings. The highest BCUT2D eigenvalue weighted by molar-refractivity contribution is 5.84. The first-order valence-electron chi connectivity index (χ1n) is 5.20. The number of likely N-dealkylation sites (N-methyl/N-ethyl adjacent to an activating group) is 1. The molecule has 0 radical (unpaired) electrons. The van der Waals surface area contributed by atoms with Gasteiger partial charge in [0.15, 0.2) is 0 Å². The molecular formula is C12H16N2O. The van der Waals surface area contributed by atoms with Gasteiger partial charge in [0.25, 0.3) is 0 Å². The standard InChI is InChI=1S/C12H16N2O/c1-13-7-6-10-9-4-2-3-5-11(9)14-12(10)8-15/h2-5,13-15H,6-8H2,1H3. The minimum atomic E-state index is 0.0771. The summed E-state index contributed by atoms with van der Waals surface area (Å²) in [5.41, 5.74) is 3.27. The van der Waals surface area contributed by atoms with Gasteiger partial charge >= 0.3 is 0 Å². The molecule has 0 unspecified atom stereocenters. The number of aromatic amines is 1. The van der Waals surface area contributed by atoms with Gasteiger partial charge in [-0.05, 0) is 31.6 Å². The molecule has 1 heterocycles. The number of aliphatic hydroxyl groups excluding tert-OH is 1. The molecule has 1 aromatic heterocycles. The first-order valence-corrected chi connectivity index (χ1v) is 5.20. The Labute approximate surface area is 89.1 Å². The van der Waals surface area contributed by atoms with E-state index in [0.717, 1.165) is 24.2 Å². The van der Waals surface area contributed by atoms with Gasteiger partial charge in [0, 0.05) is 16.6 Å². The molecule has 0 fully saturated rings. The number of fused-ring (bicyclic) bond motifs is 1. The molecule has 15 heavy (non-hydrogen) atoms. The molecule has 0 spiro atoms. The molecule has 0 aliphatic rings. The molecule has 0 saturated carbocycles. The van der Waals surface area contributed by atoms with Crippen LogP contribution in [0.4, 0.5) is 0 Å². The molecule has 0 atom stereocenters. The summed E-state index contributed by atoms with van der Waals surface area (Å²) in [5, 5.41) is 13.6. The van der Waals surface area contributed by atoms with Crippen molar-refractivity contribution in [3.8, 4) is 0 Å². The van der Waals surface area contributed by atoms with Crippen LogP contribution in [0.2, 0.25) is 0 Å². The second-order valence-electron chi connectivity index (χ2n) is 3.64. The van der Waals surface area contributed by atoms with Gasteiger partial charge in [0.1, 0.15) is 0 Å². The molecule has 0 bridgehead atoms. The lowest BCUT2D eigenvalue weighted by atomic mass is 10.1. The molecule has 0 amide bonds.